The van der Waals surface area contributed by atoms with E-state index in [0.29, 0.717) is 18.7 Å². The zero-order chi connectivity index (χ0) is 22.2. The second-order valence-electron chi connectivity index (χ2n) is 6.86. The first kappa shape index (κ1) is 21.4. The van der Waals surface area contributed by atoms with Gasteiger partial charge in [0.15, 0.2) is 17.5 Å². The molecule has 1 aliphatic heterocycles. The third-order valence-corrected chi connectivity index (χ3v) is 6.61. The molecule has 0 spiro atoms. The van der Waals surface area contributed by atoms with Crippen LogP contribution in [0, 0.1) is 17.5 Å². The van der Waals surface area contributed by atoms with Crippen LogP contribution in [0.5, 0.6) is 0 Å². The van der Waals surface area contributed by atoms with Crippen LogP contribution in [0.25, 0.3) is 0 Å². The zero-order valence-electron chi connectivity index (χ0n) is 15.8. The number of nitrogens with one attached hydrogen (secondary N) is 2. The number of hydrogen-bond acceptors (Lipinski definition) is 6. The molecule has 1 aliphatic rings. The number of halogens is 4. The first-order valence-corrected chi connectivity index (χ1v) is 11.5. The Hall–Kier alpha value is -2.86. The fourth-order valence-corrected chi connectivity index (χ4v) is 4.81. The lowest BCUT2D eigenvalue weighted by Gasteiger charge is -2.22. The molecule has 0 amide bonds. The smallest absolute Gasteiger partial charge is 0.263 e. The van der Waals surface area contributed by atoms with Gasteiger partial charge in [-0.3, -0.25) is 4.72 Å². The number of alkyl halides is 1. The second-order valence-corrected chi connectivity index (χ2v) is 9.26. The molecule has 0 saturated carbocycles. The van der Waals surface area contributed by atoms with Gasteiger partial charge in [0.25, 0.3) is 10.0 Å². The highest BCUT2D eigenvalue weighted by molar-refractivity contribution is 7.92. The number of hydrogen-bond donors (Lipinski definition) is 2. The molecule has 2 N–H and O–H groups in total. The van der Waals surface area contributed by atoms with Gasteiger partial charge in [0, 0.05) is 18.5 Å². The quantitative estimate of drug-likeness (QED) is 0.511. The van der Waals surface area contributed by atoms with Crippen LogP contribution in [0.3, 0.4) is 0 Å². The summed E-state index contributed by atoms with van der Waals surface area (Å²) in [6.45, 7) is 0.353. The summed E-state index contributed by atoms with van der Waals surface area (Å²) in [5, 5.41) is 3.97. The van der Waals surface area contributed by atoms with Crippen molar-refractivity contribution < 1.29 is 26.0 Å². The molecular formula is C19H16F4N4O2S2. The standard InChI is InChI=1S/C19H16F4N4O2S2/c20-11-1-2-16(17(5-11)27-4-3-12(21)8-27)25-19-14(22)6-13(7-15(19)23)31(28,29)26-18-9-30-10-24-18/h1-2,5-7,9-10,12,25-26H,3-4,8H2. The van der Waals surface area contributed by atoms with Crippen LogP contribution in [-0.2, 0) is 10.0 Å². The highest BCUT2D eigenvalue weighted by Crippen LogP contribution is 2.35. The van der Waals surface area contributed by atoms with Crippen molar-refractivity contribution in [1.29, 1.82) is 0 Å². The Morgan fingerprint density at radius 1 is 1.13 bits per heavy atom. The highest BCUT2D eigenvalue weighted by atomic mass is 32.2. The van der Waals surface area contributed by atoms with Gasteiger partial charge >= 0.3 is 0 Å². The van der Waals surface area contributed by atoms with E-state index < -0.39 is 44.2 Å². The summed E-state index contributed by atoms with van der Waals surface area (Å²) in [7, 11) is -4.26. The van der Waals surface area contributed by atoms with Crippen LogP contribution in [0.15, 0.2) is 46.1 Å². The summed E-state index contributed by atoms with van der Waals surface area (Å²) < 4.78 is 83.7. The van der Waals surface area contributed by atoms with E-state index in [1.54, 1.807) is 4.90 Å². The Morgan fingerprint density at radius 2 is 1.87 bits per heavy atom. The van der Waals surface area contributed by atoms with Crippen molar-refractivity contribution in [3.63, 3.8) is 0 Å². The Labute approximate surface area is 179 Å². The molecule has 3 aromatic rings. The molecule has 12 heteroatoms. The maximum absolute atomic E-state index is 14.7. The van der Waals surface area contributed by atoms with Gasteiger partial charge < -0.3 is 10.2 Å². The molecular weight excluding hydrogens is 456 g/mol. The molecule has 164 valence electrons. The van der Waals surface area contributed by atoms with E-state index in [-0.39, 0.29) is 30.2 Å². The van der Waals surface area contributed by atoms with Crippen molar-refractivity contribution >= 4 is 44.2 Å². The van der Waals surface area contributed by atoms with E-state index in [9.17, 15) is 26.0 Å². The molecule has 1 aromatic heterocycles. The van der Waals surface area contributed by atoms with Crippen LogP contribution in [0.2, 0.25) is 0 Å². The third kappa shape index (κ3) is 4.59. The zero-order valence-corrected chi connectivity index (χ0v) is 17.4. The molecule has 6 nitrogen and oxygen atoms in total. The van der Waals surface area contributed by atoms with Gasteiger partial charge in [0.2, 0.25) is 0 Å². The first-order chi connectivity index (χ1) is 14.7. The number of anilines is 4. The maximum Gasteiger partial charge on any atom is 0.263 e. The lowest BCUT2D eigenvalue weighted by atomic mass is 10.2. The van der Waals surface area contributed by atoms with Crippen LogP contribution >= 0.6 is 11.3 Å². The van der Waals surface area contributed by atoms with Crippen LogP contribution in [0.1, 0.15) is 6.42 Å². The Morgan fingerprint density at radius 3 is 2.48 bits per heavy atom. The minimum absolute atomic E-state index is 0.0285. The molecule has 4 rings (SSSR count). The molecule has 31 heavy (non-hydrogen) atoms. The molecule has 1 fully saturated rings. The van der Waals surface area contributed by atoms with Gasteiger partial charge in [0.05, 0.1) is 21.8 Å². The molecule has 2 heterocycles. The third-order valence-electron chi connectivity index (χ3n) is 4.69. The van der Waals surface area contributed by atoms with Gasteiger partial charge in [0.1, 0.15) is 17.7 Å². The van der Waals surface area contributed by atoms with Crippen LogP contribution < -0.4 is 14.9 Å². The fraction of sp³-hybridized carbons (Fsp3) is 0.211. The van der Waals surface area contributed by atoms with Gasteiger partial charge in [-0.2, -0.15) is 0 Å². The van der Waals surface area contributed by atoms with Gasteiger partial charge in [-0.1, -0.05) is 0 Å². The molecule has 0 bridgehead atoms. The monoisotopic (exact) mass is 472 g/mol. The lowest BCUT2D eigenvalue weighted by Crippen LogP contribution is -2.21. The predicted octanol–water partition coefficient (Wildman–Crippen LogP) is 4.65. The van der Waals surface area contributed by atoms with Crippen molar-refractivity contribution in [2.45, 2.75) is 17.5 Å². The Kier molecular flexibility index (Phi) is 5.75. The molecule has 1 atom stereocenters. The van der Waals surface area contributed by atoms with Crippen molar-refractivity contribution in [2.75, 3.05) is 28.0 Å². The van der Waals surface area contributed by atoms with Gasteiger partial charge in [-0.25, -0.2) is 31.0 Å². The number of thiazole rings is 1. The number of benzene rings is 2. The number of rotatable bonds is 6. The SMILES string of the molecule is O=S(=O)(Nc1cscn1)c1cc(F)c(Nc2ccc(F)cc2N2CCC(F)C2)c(F)c1. The minimum Gasteiger partial charge on any atom is -0.367 e. The summed E-state index contributed by atoms with van der Waals surface area (Å²) in [5.74, 6) is -2.89. The number of nitrogens with zero attached hydrogens (tertiary/aromatic N) is 2. The average Bonchev–Trinajstić information content (AvgIpc) is 3.36. The molecule has 0 radical (unpaired) electrons. The van der Waals surface area contributed by atoms with Crippen molar-refractivity contribution in [3.8, 4) is 0 Å². The summed E-state index contributed by atoms with van der Waals surface area (Å²) in [6.07, 6.45) is -0.823. The maximum atomic E-state index is 14.7. The molecule has 0 aliphatic carbocycles. The fourth-order valence-electron chi connectivity index (χ4n) is 3.23. The van der Waals surface area contributed by atoms with Gasteiger partial charge in [-0.15, -0.1) is 11.3 Å². The topological polar surface area (TPSA) is 74.3 Å². The first-order valence-electron chi connectivity index (χ1n) is 9.08. The normalized spacial score (nSPS) is 16.5. The van der Waals surface area contributed by atoms with Crippen LogP contribution in [0.4, 0.5) is 40.4 Å². The van der Waals surface area contributed by atoms with Crippen molar-refractivity contribution in [1.82, 2.24) is 4.98 Å². The molecule has 1 saturated heterocycles. The van der Waals surface area contributed by atoms with E-state index in [4.69, 9.17) is 0 Å². The van der Waals surface area contributed by atoms with Crippen LogP contribution in [-0.4, -0.2) is 32.7 Å². The summed E-state index contributed by atoms with van der Waals surface area (Å²) in [5.41, 5.74) is 1.19. The summed E-state index contributed by atoms with van der Waals surface area (Å²) in [4.78, 5) is 4.72. The van der Waals surface area contributed by atoms with Gasteiger partial charge in [-0.05, 0) is 36.8 Å². The molecule has 1 unspecified atom stereocenters. The Balaban J connectivity index is 1.65. The van der Waals surface area contributed by atoms with E-state index in [1.807, 2.05) is 0 Å². The largest absolute Gasteiger partial charge is 0.367 e. The lowest BCUT2D eigenvalue weighted by molar-refractivity contribution is 0.364. The summed E-state index contributed by atoms with van der Waals surface area (Å²) >= 11 is 1.15. The predicted molar refractivity (Wildman–Crippen MR) is 111 cm³/mol. The number of aromatic nitrogens is 1. The minimum atomic E-state index is -4.26. The second kappa shape index (κ2) is 8.35. The van der Waals surface area contributed by atoms with E-state index in [0.717, 1.165) is 23.5 Å². The van der Waals surface area contributed by atoms with E-state index in [2.05, 4.69) is 15.0 Å². The molecule has 2 aromatic carbocycles. The van der Waals surface area contributed by atoms with E-state index in [1.165, 1.54) is 17.0 Å². The van der Waals surface area contributed by atoms with E-state index >= 15 is 0 Å². The van der Waals surface area contributed by atoms with Crippen molar-refractivity contribution in [2.24, 2.45) is 0 Å². The highest BCUT2D eigenvalue weighted by Gasteiger charge is 2.26. The Bertz CT molecular complexity index is 1180. The average molecular weight is 472 g/mol. The summed E-state index contributed by atoms with van der Waals surface area (Å²) in [6, 6.07) is 4.85. The number of sulfonamides is 1. The van der Waals surface area contributed by atoms with Crippen molar-refractivity contribution in [3.05, 3.63) is 58.7 Å².